The van der Waals surface area contributed by atoms with Gasteiger partial charge in [0.15, 0.2) is 11.5 Å². The molecule has 0 aliphatic carbocycles. The van der Waals surface area contributed by atoms with Gasteiger partial charge < -0.3 is 14.9 Å². The van der Waals surface area contributed by atoms with E-state index >= 15 is 0 Å². The van der Waals surface area contributed by atoms with Crippen LogP contribution in [-0.4, -0.2) is 38.1 Å². The van der Waals surface area contributed by atoms with Crippen LogP contribution in [0.5, 0.6) is 0 Å². The van der Waals surface area contributed by atoms with Gasteiger partial charge in [-0.2, -0.15) is 5.10 Å². The maximum Gasteiger partial charge on any atom is 0.273 e. The van der Waals surface area contributed by atoms with Crippen molar-refractivity contribution in [2.24, 2.45) is 0 Å². The van der Waals surface area contributed by atoms with Gasteiger partial charge in [0.1, 0.15) is 6.54 Å². The fourth-order valence-corrected chi connectivity index (χ4v) is 2.12. The lowest BCUT2D eigenvalue weighted by atomic mass is 9.95. The van der Waals surface area contributed by atoms with E-state index in [1.54, 1.807) is 16.9 Å². The van der Waals surface area contributed by atoms with Crippen molar-refractivity contribution in [2.75, 3.05) is 6.61 Å². The Balaban J connectivity index is 2.02. The highest BCUT2D eigenvalue weighted by Crippen LogP contribution is 2.15. The van der Waals surface area contributed by atoms with E-state index in [4.69, 9.17) is 9.63 Å². The predicted molar refractivity (Wildman–Crippen MR) is 80.4 cm³/mol. The molecular weight excluding hydrogens is 284 g/mol. The van der Waals surface area contributed by atoms with Gasteiger partial charge in [0, 0.05) is 24.4 Å². The Bertz CT molecular complexity index is 634. The number of nitrogens with zero attached hydrogens (tertiary/aromatic N) is 3. The molecule has 0 aromatic carbocycles. The van der Waals surface area contributed by atoms with Crippen LogP contribution in [0.2, 0.25) is 0 Å². The summed E-state index contributed by atoms with van der Waals surface area (Å²) < 4.78 is 6.91. The first-order valence-electron chi connectivity index (χ1n) is 7.34. The summed E-state index contributed by atoms with van der Waals surface area (Å²) >= 11 is 0. The Morgan fingerprint density at radius 3 is 2.91 bits per heavy atom. The Morgan fingerprint density at radius 2 is 2.32 bits per heavy atom. The summed E-state index contributed by atoms with van der Waals surface area (Å²) in [5.41, 5.74) is 0.834. The smallest absolute Gasteiger partial charge is 0.273 e. The second-order valence-electron chi connectivity index (χ2n) is 5.74. The summed E-state index contributed by atoms with van der Waals surface area (Å²) in [5, 5.41) is 20.0. The summed E-state index contributed by atoms with van der Waals surface area (Å²) in [6.07, 6.45) is 4.85. The highest BCUT2D eigenvalue weighted by molar-refractivity contribution is 5.92. The molecule has 7 heteroatoms. The molecule has 1 unspecified atom stereocenters. The van der Waals surface area contributed by atoms with Gasteiger partial charge in [0.05, 0.1) is 6.20 Å². The number of nitrogens with one attached hydrogen (secondary N) is 1. The van der Waals surface area contributed by atoms with E-state index in [9.17, 15) is 4.79 Å². The number of aryl methyl sites for hydroxylation is 1. The Kier molecular flexibility index (Phi) is 4.97. The minimum atomic E-state index is -0.454. The fourth-order valence-electron chi connectivity index (χ4n) is 2.12. The first-order valence-corrected chi connectivity index (χ1v) is 7.34. The number of aliphatic hydroxyl groups excluding tert-OH is 1. The van der Waals surface area contributed by atoms with E-state index in [1.165, 1.54) is 0 Å². The van der Waals surface area contributed by atoms with Crippen LogP contribution in [0.25, 0.3) is 0 Å². The van der Waals surface area contributed by atoms with E-state index in [-0.39, 0.29) is 18.2 Å². The summed E-state index contributed by atoms with van der Waals surface area (Å²) in [7, 11) is 0. The summed E-state index contributed by atoms with van der Waals surface area (Å²) in [6, 6.07) is 1.61. The maximum absolute atomic E-state index is 12.2. The van der Waals surface area contributed by atoms with Crippen LogP contribution in [0.1, 0.15) is 48.5 Å². The standard InChI is InChI=1S/C15H22N4O3/c1-4-15(3,5-6-20)17-14(21)13-7-12(22-18-13)10-19-9-11(2)8-16-19/h7-9,20H,4-6,10H2,1-3H3,(H,17,21). The number of carbonyl (C=O) groups excluding carboxylic acids is 1. The van der Waals surface area contributed by atoms with E-state index < -0.39 is 5.54 Å². The molecule has 2 heterocycles. The van der Waals surface area contributed by atoms with Crippen molar-refractivity contribution in [3.63, 3.8) is 0 Å². The molecular formula is C15H22N4O3. The van der Waals surface area contributed by atoms with Crippen molar-refractivity contribution in [1.29, 1.82) is 0 Å². The normalized spacial score (nSPS) is 13.8. The summed E-state index contributed by atoms with van der Waals surface area (Å²) in [5.74, 6) is 0.262. The number of aliphatic hydroxyl groups is 1. The van der Waals surface area contributed by atoms with Crippen molar-refractivity contribution in [3.05, 3.63) is 35.5 Å². The lowest BCUT2D eigenvalue weighted by Crippen LogP contribution is -2.46. The van der Waals surface area contributed by atoms with Crippen molar-refractivity contribution in [1.82, 2.24) is 20.3 Å². The summed E-state index contributed by atoms with van der Waals surface area (Å²) in [6.45, 7) is 6.26. The molecule has 0 aliphatic rings. The lowest BCUT2D eigenvalue weighted by molar-refractivity contribution is 0.0877. The lowest BCUT2D eigenvalue weighted by Gasteiger charge is -2.28. The monoisotopic (exact) mass is 306 g/mol. The molecule has 0 saturated heterocycles. The molecule has 0 spiro atoms. The Labute approximate surface area is 129 Å². The number of hydrogen-bond donors (Lipinski definition) is 2. The zero-order chi connectivity index (χ0) is 16.2. The molecule has 22 heavy (non-hydrogen) atoms. The van der Waals surface area contributed by atoms with Gasteiger partial charge >= 0.3 is 0 Å². The van der Waals surface area contributed by atoms with Crippen molar-refractivity contribution >= 4 is 5.91 Å². The SMILES string of the molecule is CCC(C)(CCO)NC(=O)c1cc(Cn2cc(C)cn2)on1. The Morgan fingerprint density at radius 1 is 1.55 bits per heavy atom. The third-order valence-electron chi connectivity index (χ3n) is 3.73. The molecule has 0 aliphatic heterocycles. The Hall–Kier alpha value is -2.15. The van der Waals surface area contributed by atoms with Crippen LogP contribution in [0.3, 0.4) is 0 Å². The van der Waals surface area contributed by atoms with Crippen molar-refractivity contribution < 1.29 is 14.4 Å². The molecule has 0 saturated carbocycles. The molecule has 2 rings (SSSR count). The van der Waals surface area contributed by atoms with Gasteiger partial charge in [-0.25, -0.2) is 0 Å². The topological polar surface area (TPSA) is 93.2 Å². The van der Waals surface area contributed by atoms with Crippen LogP contribution in [0.4, 0.5) is 0 Å². The highest BCUT2D eigenvalue weighted by atomic mass is 16.5. The number of aromatic nitrogens is 3. The second-order valence-corrected chi connectivity index (χ2v) is 5.74. The first kappa shape index (κ1) is 16.2. The van der Waals surface area contributed by atoms with Gasteiger partial charge in [-0.1, -0.05) is 12.1 Å². The van der Waals surface area contributed by atoms with E-state index in [2.05, 4.69) is 15.6 Å². The number of carbonyl (C=O) groups is 1. The largest absolute Gasteiger partial charge is 0.396 e. The zero-order valence-corrected chi connectivity index (χ0v) is 13.2. The number of rotatable bonds is 7. The van der Waals surface area contributed by atoms with Gasteiger partial charge in [-0.3, -0.25) is 9.48 Å². The molecule has 7 nitrogen and oxygen atoms in total. The molecule has 0 bridgehead atoms. The van der Waals surface area contributed by atoms with Crippen LogP contribution in [0.15, 0.2) is 23.0 Å². The molecule has 1 amide bonds. The minimum absolute atomic E-state index is 0.0212. The molecule has 2 aromatic heterocycles. The molecule has 120 valence electrons. The van der Waals surface area contributed by atoms with Crippen LogP contribution in [-0.2, 0) is 6.54 Å². The molecule has 2 N–H and O–H groups in total. The van der Waals surface area contributed by atoms with E-state index in [0.29, 0.717) is 18.7 Å². The highest BCUT2D eigenvalue weighted by Gasteiger charge is 2.25. The second kappa shape index (κ2) is 6.74. The van der Waals surface area contributed by atoms with E-state index in [1.807, 2.05) is 27.0 Å². The number of amides is 1. The van der Waals surface area contributed by atoms with Gasteiger partial charge in [0.2, 0.25) is 0 Å². The van der Waals surface area contributed by atoms with Crippen molar-refractivity contribution in [2.45, 2.75) is 45.7 Å². The maximum atomic E-state index is 12.2. The molecule has 0 radical (unpaired) electrons. The average molecular weight is 306 g/mol. The minimum Gasteiger partial charge on any atom is -0.396 e. The van der Waals surface area contributed by atoms with Crippen molar-refractivity contribution in [3.8, 4) is 0 Å². The van der Waals surface area contributed by atoms with Crippen LogP contribution in [0, 0.1) is 6.92 Å². The molecule has 1 atom stereocenters. The van der Waals surface area contributed by atoms with E-state index in [0.717, 1.165) is 12.0 Å². The quantitative estimate of drug-likeness (QED) is 0.808. The molecule has 2 aromatic rings. The predicted octanol–water partition coefficient (Wildman–Crippen LogP) is 1.51. The first-order chi connectivity index (χ1) is 10.5. The van der Waals surface area contributed by atoms with Gasteiger partial charge in [0.25, 0.3) is 5.91 Å². The fraction of sp³-hybridized carbons (Fsp3) is 0.533. The van der Waals surface area contributed by atoms with Crippen LogP contribution < -0.4 is 5.32 Å². The molecule has 0 fully saturated rings. The number of hydrogen-bond acceptors (Lipinski definition) is 5. The van der Waals surface area contributed by atoms with Gasteiger partial charge in [-0.05, 0) is 32.3 Å². The summed E-state index contributed by atoms with van der Waals surface area (Å²) in [4.78, 5) is 12.2. The third kappa shape index (κ3) is 3.94. The third-order valence-corrected chi connectivity index (χ3v) is 3.73. The zero-order valence-electron chi connectivity index (χ0n) is 13.2. The average Bonchev–Trinajstić information content (AvgIpc) is 3.09. The van der Waals surface area contributed by atoms with Crippen LogP contribution >= 0.6 is 0 Å². The van der Waals surface area contributed by atoms with Gasteiger partial charge in [-0.15, -0.1) is 0 Å².